The Labute approximate surface area is 171 Å². The smallest absolute Gasteiger partial charge is 0.254 e. The lowest BCUT2D eigenvalue weighted by Gasteiger charge is -2.33. The molecule has 1 amide bonds. The molecule has 0 N–H and O–H groups in total. The highest BCUT2D eigenvalue weighted by molar-refractivity contribution is 5.95. The van der Waals surface area contributed by atoms with Crippen molar-refractivity contribution in [1.82, 2.24) is 4.90 Å². The molecule has 0 fully saturated rings. The van der Waals surface area contributed by atoms with Gasteiger partial charge in [0.15, 0.2) is 11.5 Å². The minimum Gasteiger partial charge on any atom is -0.454 e. The molecule has 4 nitrogen and oxygen atoms in total. The Morgan fingerprint density at radius 3 is 2.17 bits per heavy atom. The van der Waals surface area contributed by atoms with Gasteiger partial charge in [-0.1, -0.05) is 48.5 Å². The lowest BCUT2D eigenvalue weighted by atomic mass is 10.0. The van der Waals surface area contributed by atoms with Crippen molar-refractivity contribution in [3.05, 3.63) is 83.9 Å². The van der Waals surface area contributed by atoms with Crippen LogP contribution in [0.1, 0.15) is 42.7 Å². The minimum absolute atomic E-state index is 0.00256. The molecule has 1 aliphatic heterocycles. The van der Waals surface area contributed by atoms with Gasteiger partial charge < -0.3 is 14.4 Å². The summed E-state index contributed by atoms with van der Waals surface area (Å²) in [6, 6.07) is 23.9. The van der Waals surface area contributed by atoms with E-state index in [0.29, 0.717) is 5.56 Å². The zero-order chi connectivity index (χ0) is 20.4. The van der Waals surface area contributed by atoms with E-state index in [2.05, 4.69) is 32.9 Å². The molecule has 0 aromatic heterocycles. The predicted octanol–water partition coefficient (Wildman–Crippen LogP) is 5.69. The fourth-order valence-corrected chi connectivity index (χ4v) is 3.78. The SMILES string of the molecule is CC(C)N(C(=O)c1ccc(-c2ccc3c(c2)OCO3)cc1)[C@H](C)c1ccccc1. The topological polar surface area (TPSA) is 38.8 Å². The van der Waals surface area contributed by atoms with E-state index < -0.39 is 0 Å². The van der Waals surface area contributed by atoms with E-state index in [1.165, 1.54) is 0 Å². The lowest BCUT2D eigenvalue weighted by Crippen LogP contribution is -2.39. The van der Waals surface area contributed by atoms with Crippen LogP contribution in [0.15, 0.2) is 72.8 Å². The van der Waals surface area contributed by atoms with Crippen LogP contribution in [0, 0.1) is 0 Å². The highest BCUT2D eigenvalue weighted by Gasteiger charge is 2.25. The van der Waals surface area contributed by atoms with Crippen molar-refractivity contribution < 1.29 is 14.3 Å². The summed E-state index contributed by atoms with van der Waals surface area (Å²) >= 11 is 0. The third-order valence-corrected chi connectivity index (χ3v) is 5.33. The average Bonchev–Trinajstić information content (AvgIpc) is 3.22. The van der Waals surface area contributed by atoms with Crippen LogP contribution in [0.25, 0.3) is 11.1 Å². The molecule has 148 valence electrons. The molecular formula is C25H25NO3. The van der Waals surface area contributed by atoms with Crippen molar-refractivity contribution in [2.24, 2.45) is 0 Å². The number of nitrogens with zero attached hydrogens (tertiary/aromatic N) is 1. The second-order valence-electron chi connectivity index (χ2n) is 7.54. The Morgan fingerprint density at radius 2 is 1.48 bits per heavy atom. The standard InChI is InChI=1S/C25H25NO3/c1-17(2)26(18(3)19-7-5-4-6-8-19)25(27)21-11-9-20(10-12-21)22-13-14-23-24(15-22)29-16-28-23/h4-15,17-18H,16H2,1-3H3/t18-/m1/s1. The molecule has 1 atom stereocenters. The summed E-state index contributed by atoms with van der Waals surface area (Å²) in [5, 5.41) is 0. The maximum Gasteiger partial charge on any atom is 0.254 e. The summed E-state index contributed by atoms with van der Waals surface area (Å²) in [6.45, 7) is 6.45. The Kier molecular flexibility index (Phi) is 5.26. The number of amides is 1. The zero-order valence-corrected chi connectivity index (χ0v) is 17.0. The lowest BCUT2D eigenvalue weighted by molar-refractivity contribution is 0.0624. The molecule has 0 bridgehead atoms. The summed E-state index contributed by atoms with van der Waals surface area (Å²) in [6.07, 6.45) is 0. The van der Waals surface area contributed by atoms with E-state index in [9.17, 15) is 4.79 Å². The van der Waals surface area contributed by atoms with Crippen LogP contribution < -0.4 is 9.47 Å². The largest absolute Gasteiger partial charge is 0.454 e. The third-order valence-electron chi connectivity index (χ3n) is 5.33. The van der Waals surface area contributed by atoms with Gasteiger partial charge in [0.2, 0.25) is 6.79 Å². The summed E-state index contributed by atoms with van der Waals surface area (Å²) in [4.78, 5) is 15.2. The third kappa shape index (κ3) is 3.83. The van der Waals surface area contributed by atoms with Crippen LogP contribution in [0.2, 0.25) is 0 Å². The first-order chi connectivity index (χ1) is 14.0. The van der Waals surface area contributed by atoms with E-state index >= 15 is 0 Å². The second kappa shape index (κ2) is 8.00. The predicted molar refractivity (Wildman–Crippen MR) is 114 cm³/mol. The van der Waals surface area contributed by atoms with Gasteiger partial charge in [0.25, 0.3) is 5.91 Å². The molecule has 29 heavy (non-hydrogen) atoms. The molecule has 0 radical (unpaired) electrons. The number of hydrogen-bond donors (Lipinski definition) is 0. The first-order valence-electron chi connectivity index (χ1n) is 9.92. The molecule has 3 aromatic rings. The van der Waals surface area contributed by atoms with Gasteiger partial charge in [-0.2, -0.15) is 0 Å². The quantitative estimate of drug-likeness (QED) is 0.564. The molecule has 0 spiro atoms. The first kappa shape index (κ1) is 19.1. The Bertz CT molecular complexity index is 996. The average molecular weight is 387 g/mol. The molecule has 1 heterocycles. The first-order valence-corrected chi connectivity index (χ1v) is 9.92. The Morgan fingerprint density at radius 1 is 0.828 bits per heavy atom. The zero-order valence-electron chi connectivity index (χ0n) is 17.0. The van der Waals surface area contributed by atoms with Gasteiger partial charge in [-0.15, -0.1) is 0 Å². The maximum absolute atomic E-state index is 13.3. The molecule has 4 rings (SSSR count). The van der Waals surface area contributed by atoms with Crippen molar-refractivity contribution in [2.75, 3.05) is 6.79 Å². The fourth-order valence-electron chi connectivity index (χ4n) is 3.78. The van der Waals surface area contributed by atoms with Crippen LogP contribution in [0.5, 0.6) is 11.5 Å². The van der Waals surface area contributed by atoms with E-state index in [0.717, 1.165) is 28.2 Å². The molecule has 0 aliphatic carbocycles. The maximum atomic E-state index is 13.3. The second-order valence-corrected chi connectivity index (χ2v) is 7.54. The normalized spacial score (nSPS) is 13.4. The number of benzene rings is 3. The number of rotatable bonds is 5. The summed E-state index contributed by atoms with van der Waals surface area (Å²) in [7, 11) is 0. The van der Waals surface area contributed by atoms with Crippen molar-refractivity contribution in [3.8, 4) is 22.6 Å². The van der Waals surface area contributed by atoms with Crippen molar-refractivity contribution in [3.63, 3.8) is 0 Å². The summed E-state index contributed by atoms with van der Waals surface area (Å²) < 4.78 is 10.8. The van der Waals surface area contributed by atoms with E-state index in [-0.39, 0.29) is 24.8 Å². The Hall–Kier alpha value is -3.27. The molecule has 0 saturated heterocycles. The van der Waals surface area contributed by atoms with Crippen LogP contribution >= 0.6 is 0 Å². The number of carbonyl (C=O) groups excluding carboxylic acids is 1. The number of hydrogen-bond acceptors (Lipinski definition) is 3. The van der Waals surface area contributed by atoms with Crippen LogP contribution in [-0.2, 0) is 0 Å². The van der Waals surface area contributed by atoms with Crippen LogP contribution in [0.3, 0.4) is 0 Å². The van der Waals surface area contributed by atoms with E-state index in [1.807, 2.05) is 65.6 Å². The Balaban J connectivity index is 1.58. The molecule has 0 saturated carbocycles. The molecular weight excluding hydrogens is 362 g/mol. The van der Waals surface area contributed by atoms with Crippen molar-refractivity contribution in [2.45, 2.75) is 32.9 Å². The summed E-state index contributed by atoms with van der Waals surface area (Å²) in [5.41, 5.74) is 3.89. The van der Waals surface area contributed by atoms with Gasteiger partial charge in [-0.25, -0.2) is 0 Å². The minimum atomic E-state index is -0.00256. The van der Waals surface area contributed by atoms with Crippen LogP contribution in [0.4, 0.5) is 0 Å². The van der Waals surface area contributed by atoms with E-state index in [4.69, 9.17) is 9.47 Å². The van der Waals surface area contributed by atoms with Gasteiger partial charge >= 0.3 is 0 Å². The molecule has 3 aromatic carbocycles. The number of ether oxygens (including phenoxy) is 2. The highest BCUT2D eigenvalue weighted by atomic mass is 16.7. The van der Waals surface area contributed by atoms with Crippen LogP contribution in [-0.4, -0.2) is 23.6 Å². The van der Waals surface area contributed by atoms with Gasteiger partial charge in [0.1, 0.15) is 0 Å². The monoisotopic (exact) mass is 387 g/mol. The van der Waals surface area contributed by atoms with E-state index in [1.54, 1.807) is 0 Å². The van der Waals surface area contributed by atoms with Gasteiger partial charge in [-0.3, -0.25) is 4.79 Å². The van der Waals surface area contributed by atoms with Crippen molar-refractivity contribution in [1.29, 1.82) is 0 Å². The van der Waals surface area contributed by atoms with Gasteiger partial charge in [0, 0.05) is 11.6 Å². The highest BCUT2D eigenvalue weighted by Crippen LogP contribution is 2.36. The molecule has 1 aliphatic rings. The number of fused-ring (bicyclic) bond motifs is 1. The van der Waals surface area contributed by atoms with Crippen molar-refractivity contribution >= 4 is 5.91 Å². The van der Waals surface area contributed by atoms with Gasteiger partial charge in [-0.05, 0) is 61.7 Å². The molecule has 4 heteroatoms. The fraction of sp³-hybridized carbons (Fsp3) is 0.240. The molecule has 0 unspecified atom stereocenters. The summed E-state index contributed by atoms with van der Waals surface area (Å²) in [5.74, 6) is 1.56. The van der Waals surface area contributed by atoms with Gasteiger partial charge in [0.05, 0.1) is 6.04 Å². The number of carbonyl (C=O) groups is 1.